The quantitative estimate of drug-likeness (QED) is 0.182. The smallest absolute Gasteiger partial charge is 0.303 e. The van der Waals surface area contributed by atoms with Crippen LogP contribution in [0.5, 0.6) is 0 Å². The summed E-state index contributed by atoms with van der Waals surface area (Å²) in [7, 11) is 0. The molecule has 9 nitrogen and oxygen atoms in total. The number of carbonyl (C=O) groups excluding carboxylic acids is 5. The summed E-state index contributed by atoms with van der Waals surface area (Å²) in [5.74, 6) is -1.52. The zero-order chi connectivity index (χ0) is 35.1. The van der Waals surface area contributed by atoms with E-state index in [-0.39, 0.29) is 66.0 Å². The Hall–Kier alpha value is -2.71. The minimum absolute atomic E-state index is 0.0921. The van der Waals surface area contributed by atoms with Crippen molar-refractivity contribution in [2.24, 2.45) is 56.7 Å². The van der Waals surface area contributed by atoms with Gasteiger partial charge in [-0.2, -0.15) is 0 Å². The lowest BCUT2D eigenvalue weighted by atomic mass is 9.35. The topological polar surface area (TPSA) is 122 Å². The molecule has 4 saturated carbocycles. The highest BCUT2D eigenvalue weighted by atomic mass is 16.6. The van der Waals surface area contributed by atoms with E-state index in [9.17, 15) is 24.0 Å². The van der Waals surface area contributed by atoms with Gasteiger partial charge in [-0.3, -0.25) is 24.0 Å². The molecule has 5 aliphatic carbocycles. The maximum absolute atomic E-state index is 13.8. The Morgan fingerprint density at radius 1 is 0.809 bits per heavy atom. The Bertz CT molecular complexity index is 1380. The summed E-state index contributed by atoms with van der Waals surface area (Å²) in [6.45, 7) is 21.1. The van der Waals surface area contributed by atoms with Crippen LogP contribution in [-0.4, -0.2) is 54.6 Å². The van der Waals surface area contributed by atoms with E-state index in [0.29, 0.717) is 25.7 Å². The number of esters is 4. The fraction of sp³-hybridized carbons (Fsp3) is 0.816. The first kappa shape index (κ1) is 35.6. The highest BCUT2D eigenvalue weighted by molar-refractivity contribution is 5.91. The van der Waals surface area contributed by atoms with Gasteiger partial charge in [0.2, 0.25) is 0 Å². The van der Waals surface area contributed by atoms with Gasteiger partial charge in [-0.15, -0.1) is 0 Å². The number of fused-ring (bicyclic) bond motifs is 7. The van der Waals surface area contributed by atoms with E-state index in [4.69, 9.17) is 18.9 Å². The van der Waals surface area contributed by atoms with E-state index in [2.05, 4.69) is 40.7 Å². The highest BCUT2D eigenvalue weighted by Crippen LogP contribution is 2.76. The second-order valence-electron chi connectivity index (χ2n) is 17.1. The molecule has 262 valence electrons. The first-order valence-corrected chi connectivity index (χ1v) is 17.6. The van der Waals surface area contributed by atoms with Crippen molar-refractivity contribution in [2.45, 2.75) is 133 Å². The molecular formula is C38H56O9. The molecule has 0 spiro atoms. The van der Waals surface area contributed by atoms with Gasteiger partial charge in [0.05, 0.1) is 6.61 Å². The molecule has 0 aromatic heterocycles. The van der Waals surface area contributed by atoms with Crippen LogP contribution in [0.1, 0.15) is 115 Å². The van der Waals surface area contributed by atoms with Crippen molar-refractivity contribution in [3.8, 4) is 0 Å². The van der Waals surface area contributed by atoms with Gasteiger partial charge < -0.3 is 18.9 Å². The number of ether oxygens (including phenoxy) is 4. The van der Waals surface area contributed by atoms with Gasteiger partial charge >= 0.3 is 23.9 Å². The van der Waals surface area contributed by atoms with Crippen LogP contribution in [0.3, 0.4) is 0 Å². The van der Waals surface area contributed by atoms with Crippen LogP contribution in [0.25, 0.3) is 0 Å². The average Bonchev–Trinajstić information content (AvgIpc) is 3.26. The van der Waals surface area contributed by atoms with E-state index in [1.165, 1.54) is 33.3 Å². The molecule has 0 heterocycles. The number of carbonyl (C=O) groups is 5. The predicted molar refractivity (Wildman–Crippen MR) is 173 cm³/mol. The number of allylic oxidation sites excluding steroid dienone is 1. The molecular weight excluding hydrogens is 600 g/mol. The summed E-state index contributed by atoms with van der Waals surface area (Å²) >= 11 is 0. The largest absolute Gasteiger partial charge is 0.465 e. The van der Waals surface area contributed by atoms with Crippen LogP contribution in [0, 0.1) is 56.7 Å². The van der Waals surface area contributed by atoms with Gasteiger partial charge in [0.15, 0.2) is 11.9 Å². The molecule has 0 amide bonds. The van der Waals surface area contributed by atoms with Gasteiger partial charge in [-0.05, 0) is 66.1 Å². The number of Topliss-reactive ketones (excluding diaryl/α,β-unsaturated/α-hetero) is 1. The molecule has 0 aliphatic heterocycles. The van der Waals surface area contributed by atoms with Crippen molar-refractivity contribution < 1.29 is 42.9 Å². The van der Waals surface area contributed by atoms with Crippen molar-refractivity contribution in [1.29, 1.82) is 0 Å². The molecule has 5 aliphatic rings. The van der Waals surface area contributed by atoms with Crippen molar-refractivity contribution in [3.05, 3.63) is 11.6 Å². The van der Waals surface area contributed by atoms with Gasteiger partial charge in [0.1, 0.15) is 12.2 Å². The standard InChI is InChI=1S/C38H56O9/c1-20(2)26-16-28(46-23(5)41)32-37(11)13-12-25-31(36(37,10)14-15-38(26,32)19-44-21(3)39)27(45-22(4)40)17-30-34(7,8)33(43)29(47-24(6)42)18-35(25,30)9/h12,20,26-32H,13-19H2,1-11H3/t26-,27-,28?,29+,30?,31-,32?,35+,36-,37+,38+/m0/s1. The summed E-state index contributed by atoms with van der Waals surface area (Å²) in [6, 6.07) is 0. The van der Waals surface area contributed by atoms with Crippen LogP contribution in [0.15, 0.2) is 11.6 Å². The zero-order valence-corrected chi connectivity index (χ0v) is 30.3. The second kappa shape index (κ2) is 11.7. The molecule has 0 bridgehead atoms. The lowest BCUT2D eigenvalue weighted by molar-refractivity contribution is -0.222. The average molecular weight is 657 g/mol. The summed E-state index contributed by atoms with van der Waals surface area (Å²) in [5.41, 5.74) is -1.34. The monoisotopic (exact) mass is 656 g/mol. The molecule has 0 radical (unpaired) electrons. The number of hydrogen-bond acceptors (Lipinski definition) is 9. The lowest BCUT2D eigenvalue weighted by Crippen LogP contribution is -2.68. The van der Waals surface area contributed by atoms with Gasteiger partial charge in [-0.25, -0.2) is 0 Å². The fourth-order valence-electron chi connectivity index (χ4n) is 12.2. The SMILES string of the molecule is CC(=O)OC[C@@]12CC[C@@]3(C)[C@H]4C(=CC[C@]3(C)C1C(OC(C)=O)C[C@H]2C(C)C)[C@@]1(C)C[C@@H](OC(C)=O)C(=O)C(C)(C)C1C[C@@H]4OC(C)=O. The summed E-state index contributed by atoms with van der Waals surface area (Å²) < 4.78 is 24.0. The molecule has 5 rings (SSSR count). The molecule has 0 saturated heterocycles. The molecule has 9 heteroatoms. The minimum atomic E-state index is -0.852. The number of ketones is 1. The van der Waals surface area contributed by atoms with Gasteiger partial charge in [0.25, 0.3) is 0 Å². The zero-order valence-electron chi connectivity index (χ0n) is 30.3. The van der Waals surface area contributed by atoms with Crippen molar-refractivity contribution >= 4 is 29.7 Å². The molecule has 0 aromatic rings. The summed E-state index contributed by atoms with van der Waals surface area (Å²) in [5, 5.41) is 0. The Morgan fingerprint density at radius 2 is 1.40 bits per heavy atom. The van der Waals surface area contributed by atoms with Crippen LogP contribution in [-0.2, 0) is 42.9 Å². The number of hydrogen-bond donors (Lipinski definition) is 0. The fourth-order valence-corrected chi connectivity index (χ4v) is 12.2. The van der Waals surface area contributed by atoms with Gasteiger partial charge in [-0.1, -0.05) is 60.1 Å². The van der Waals surface area contributed by atoms with Crippen molar-refractivity contribution in [3.63, 3.8) is 0 Å². The third kappa shape index (κ3) is 5.27. The minimum Gasteiger partial charge on any atom is -0.465 e. The highest BCUT2D eigenvalue weighted by Gasteiger charge is 2.74. The molecule has 0 aromatic carbocycles. The normalized spacial score (nSPS) is 43.4. The van der Waals surface area contributed by atoms with E-state index in [1.807, 2.05) is 13.8 Å². The Kier molecular flexibility index (Phi) is 8.87. The Morgan fingerprint density at radius 3 is 1.96 bits per heavy atom. The maximum atomic E-state index is 13.8. The third-order valence-electron chi connectivity index (χ3n) is 14.1. The van der Waals surface area contributed by atoms with E-state index in [1.54, 1.807) is 0 Å². The Balaban J connectivity index is 1.71. The van der Waals surface area contributed by atoms with E-state index in [0.717, 1.165) is 12.8 Å². The lowest BCUT2D eigenvalue weighted by Gasteiger charge is -2.70. The summed E-state index contributed by atoms with van der Waals surface area (Å²) in [6.07, 6.45) is 4.50. The van der Waals surface area contributed by atoms with E-state index < -0.39 is 45.3 Å². The van der Waals surface area contributed by atoms with Crippen LogP contribution in [0.4, 0.5) is 0 Å². The van der Waals surface area contributed by atoms with Crippen molar-refractivity contribution in [2.75, 3.05) is 6.61 Å². The molecule has 11 atom stereocenters. The molecule has 0 N–H and O–H groups in total. The Labute approximate surface area is 280 Å². The second-order valence-corrected chi connectivity index (χ2v) is 17.1. The van der Waals surface area contributed by atoms with E-state index >= 15 is 0 Å². The third-order valence-corrected chi connectivity index (χ3v) is 14.1. The first-order valence-electron chi connectivity index (χ1n) is 17.6. The summed E-state index contributed by atoms with van der Waals surface area (Å²) in [4.78, 5) is 63.7. The first-order chi connectivity index (χ1) is 21.7. The molecule has 3 unspecified atom stereocenters. The maximum Gasteiger partial charge on any atom is 0.303 e. The van der Waals surface area contributed by atoms with Crippen LogP contribution in [0.2, 0.25) is 0 Å². The molecule has 4 fully saturated rings. The van der Waals surface area contributed by atoms with Gasteiger partial charge in [0, 0.05) is 56.8 Å². The number of rotatable bonds is 6. The van der Waals surface area contributed by atoms with Crippen LogP contribution < -0.4 is 0 Å². The molecule has 47 heavy (non-hydrogen) atoms. The van der Waals surface area contributed by atoms with Crippen molar-refractivity contribution in [1.82, 2.24) is 0 Å². The van der Waals surface area contributed by atoms with Crippen LogP contribution >= 0.6 is 0 Å². The predicted octanol–water partition coefficient (Wildman–Crippen LogP) is 6.40.